The fourth-order valence-electron chi connectivity index (χ4n) is 2.67. The van der Waals surface area contributed by atoms with Gasteiger partial charge >= 0.3 is 6.09 Å². The molecular formula is C21H34Cl2N4O3. The smallest absolute Gasteiger partial charge is 0.408 e. The second kappa shape index (κ2) is 12.9. The molecule has 2 amide bonds. The lowest BCUT2D eigenvalue weighted by Crippen LogP contribution is -2.50. The van der Waals surface area contributed by atoms with Crippen molar-refractivity contribution in [3.63, 3.8) is 0 Å². The van der Waals surface area contributed by atoms with Crippen LogP contribution in [-0.4, -0.2) is 74.2 Å². The summed E-state index contributed by atoms with van der Waals surface area (Å²) in [7, 11) is 3.70. The van der Waals surface area contributed by atoms with Gasteiger partial charge in [0.15, 0.2) is 0 Å². The highest BCUT2D eigenvalue weighted by atomic mass is 35.5. The lowest BCUT2D eigenvalue weighted by molar-refractivity contribution is -0.123. The Hall–Kier alpha value is -1.70. The van der Waals surface area contributed by atoms with Crippen LogP contribution in [-0.2, 0) is 16.0 Å². The number of anilines is 1. The van der Waals surface area contributed by atoms with Crippen LogP contribution >= 0.6 is 23.2 Å². The number of carbonyl (C=O) groups excluding carboxylic acids is 2. The predicted octanol–water partition coefficient (Wildman–Crippen LogP) is 3.04. The Morgan fingerprint density at radius 3 is 2.10 bits per heavy atom. The summed E-state index contributed by atoms with van der Waals surface area (Å²) in [5.74, 6) is 0.739. The Balaban J connectivity index is 2.91. The van der Waals surface area contributed by atoms with Gasteiger partial charge in [0.2, 0.25) is 5.91 Å². The molecule has 0 saturated heterocycles. The molecule has 0 bridgehead atoms. The maximum atomic E-state index is 12.7. The summed E-state index contributed by atoms with van der Waals surface area (Å²) in [5, 5.41) is 5.50. The normalized spacial score (nSPS) is 12.4. The molecule has 9 heteroatoms. The van der Waals surface area contributed by atoms with E-state index in [0.717, 1.165) is 11.3 Å². The van der Waals surface area contributed by atoms with Crippen LogP contribution < -0.4 is 15.5 Å². The molecule has 0 saturated carbocycles. The predicted molar refractivity (Wildman–Crippen MR) is 124 cm³/mol. The molecule has 0 radical (unpaired) electrons. The van der Waals surface area contributed by atoms with Gasteiger partial charge in [-0.25, -0.2) is 4.79 Å². The highest BCUT2D eigenvalue weighted by molar-refractivity contribution is 6.18. The Morgan fingerprint density at radius 1 is 1.07 bits per heavy atom. The summed E-state index contributed by atoms with van der Waals surface area (Å²) in [5.41, 5.74) is 1.27. The highest BCUT2D eigenvalue weighted by Gasteiger charge is 2.24. The van der Waals surface area contributed by atoms with E-state index in [2.05, 4.69) is 15.5 Å². The van der Waals surface area contributed by atoms with Gasteiger partial charge in [-0.05, 0) is 52.6 Å². The minimum atomic E-state index is -0.757. The maximum absolute atomic E-state index is 12.7. The van der Waals surface area contributed by atoms with Crippen molar-refractivity contribution in [1.29, 1.82) is 0 Å². The molecule has 0 aromatic heterocycles. The fraction of sp³-hybridized carbons (Fsp3) is 0.619. The third-order valence-corrected chi connectivity index (χ3v) is 4.37. The van der Waals surface area contributed by atoms with Crippen molar-refractivity contribution >= 4 is 40.9 Å². The van der Waals surface area contributed by atoms with Crippen LogP contribution in [0.3, 0.4) is 0 Å². The molecule has 30 heavy (non-hydrogen) atoms. The molecule has 0 aliphatic carbocycles. The number of amides is 2. The van der Waals surface area contributed by atoms with Gasteiger partial charge in [-0.3, -0.25) is 9.69 Å². The first-order valence-electron chi connectivity index (χ1n) is 9.93. The Bertz CT molecular complexity index is 657. The van der Waals surface area contributed by atoms with Gasteiger partial charge in [-0.15, -0.1) is 23.2 Å². The first-order valence-corrected chi connectivity index (χ1v) is 11.0. The monoisotopic (exact) mass is 460 g/mol. The number of ether oxygens (including phenoxy) is 1. The van der Waals surface area contributed by atoms with Crippen LogP contribution in [0.5, 0.6) is 0 Å². The molecule has 1 aromatic rings. The van der Waals surface area contributed by atoms with E-state index in [9.17, 15) is 9.59 Å². The lowest BCUT2D eigenvalue weighted by Gasteiger charge is -2.25. The zero-order valence-corrected chi connectivity index (χ0v) is 20.0. The van der Waals surface area contributed by atoms with Gasteiger partial charge in [0, 0.05) is 37.0 Å². The van der Waals surface area contributed by atoms with E-state index in [-0.39, 0.29) is 5.91 Å². The van der Waals surface area contributed by atoms with Gasteiger partial charge < -0.3 is 20.3 Å². The van der Waals surface area contributed by atoms with E-state index in [1.165, 1.54) is 0 Å². The summed E-state index contributed by atoms with van der Waals surface area (Å²) in [6.07, 6.45) is -0.288. The van der Waals surface area contributed by atoms with Crippen LogP contribution in [0.1, 0.15) is 26.3 Å². The molecule has 0 spiro atoms. The van der Waals surface area contributed by atoms with Crippen molar-refractivity contribution in [2.24, 2.45) is 0 Å². The number of halogens is 2. The van der Waals surface area contributed by atoms with Crippen molar-refractivity contribution < 1.29 is 14.3 Å². The summed E-state index contributed by atoms with van der Waals surface area (Å²) < 4.78 is 5.31. The number of alkyl halides is 2. The van der Waals surface area contributed by atoms with Gasteiger partial charge in [-0.1, -0.05) is 12.1 Å². The van der Waals surface area contributed by atoms with Gasteiger partial charge in [0.05, 0.1) is 6.67 Å². The van der Waals surface area contributed by atoms with E-state index in [1.54, 1.807) is 20.8 Å². The SMILES string of the molecule is CN(C)CNC(=O)C(Cc1ccc(N(CCCl)CCCl)cc1)NC(=O)OC(C)(C)C. The first kappa shape index (κ1) is 26.3. The number of nitrogens with zero attached hydrogens (tertiary/aromatic N) is 2. The zero-order valence-electron chi connectivity index (χ0n) is 18.5. The van der Waals surface area contributed by atoms with Crippen molar-refractivity contribution in [1.82, 2.24) is 15.5 Å². The molecule has 0 heterocycles. The van der Waals surface area contributed by atoms with Crippen LogP contribution in [0, 0.1) is 0 Å². The van der Waals surface area contributed by atoms with Gasteiger partial charge in [-0.2, -0.15) is 0 Å². The first-order chi connectivity index (χ1) is 14.1. The number of nitrogens with one attached hydrogen (secondary N) is 2. The van der Waals surface area contributed by atoms with E-state index in [4.69, 9.17) is 27.9 Å². The summed E-state index contributed by atoms with van der Waals surface area (Å²) in [4.78, 5) is 28.8. The van der Waals surface area contributed by atoms with Crippen LogP contribution in [0.4, 0.5) is 10.5 Å². The Labute approximate surface area is 190 Å². The molecule has 7 nitrogen and oxygen atoms in total. The van der Waals surface area contributed by atoms with Crippen molar-refractivity contribution in [3.05, 3.63) is 29.8 Å². The molecule has 2 N–H and O–H groups in total. The second-order valence-electron chi connectivity index (χ2n) is 8.21. The van der Waals surface area contributed by atoms with E-state index in [1.807, 2.05) is 43.3 Å². The Morgan fingerprint density at radius 2 is 1.63 bits per heavy atom. The molecule has 1 aromatic carbocycles. The quantitative estimate of drug-likeness (QED) is 0.392. The number of hydrogen-bond donors (Lipinski definition) is 2. The minimum Gasteiger partial charge on any atom is -0.444 e. The maximum Gasteiger partial charge on any atom is 0.408 e. The molecule has 170 valence electrons. The zero-order chi connectivity index (χ0) is 22.7. The summed E-state index contributed by atoms with van der Waals surface area (Å²) in [6.45, 7) is 7.10. The van der Waals surface area contributed by atoms with E-state index >= 15 is 0 Å². The molecule has 1 atom stereocenters. The topological polar surface area (TPSA) is 73.9 Å². The van der Waals surface area contributed by atoms with E-state index in [0.29, 0.717) is 37.9 Å². The van der Waals surface area contributed by atoms with Crippen LogP contribution in [0.25, 0.3) is 0 Å². The largest absolute Gasteiger partial charge is 0.444 e. The van der Waals surface area contributed by atoms with Crippen LogP contribution in [0.2, 0.25) is 0 Å². The summed E-state index contributed by atoms with van der Waals surface area (Å²) >= 11 is 11.8. The third-order valence-electron chi connectivity index (χ3n) is 4.03. The number of alkyl carbamates (subject to hydrolysis) is 1. The third kappa shape index (κ3) is 10.4. The standard InChI is InChI=1S/C21H34Cl2N4O3/c1-21(2,3)30-20(29)25-18(19(28)24-15-26(4)5)14-16-6-8-17(9-7-16)27(12-10-22)13-11-23/h6-9,18H,10-15H2,1-5H3,(H,24,28)(H,25,29). The van der Waals surface area contributed by atoms with Crippen molar-refractivity contribution in [2.45, 2.75) is 38.8 Å². The van der Waals surface area contributed by atoms with E-state index < -0.39 is 17.7 Å². The number of rotatable bonds is 11. The molecule has 0 aliphatic rings. The number of hydrogen-bond acceptors (Lipinski definition) is 5. The average molecular weight is 461 g/mol. The molecule has 1 rings (SSSR count). The molecule has 1 unspecified atom stereocenters. The van der Waals surface area contributed by atoms with Gasteiger partial charge in [0.1, 0.15) is 11.6 Å². The highest BCUT2D eigenvalue weighted by Crippen LogP contribution is 2.17. The second-order valence-corrected chi connectivity index (χ2v) is 8.97. The van der Waals surface area contributed by atoms with Crippen molar-refractivity contribution in [2.75, 3.05) is 50.5 Å². The van der Waals surface area contributed by atoms with Crippen LogP contribution in [0.15, 0.2) is 24.3 Å². The summed E-state index contributed by atoms with van der Waals surface area (Å²) in [6, 6.07) is 7.06. The molecule has 0 fully saturated rings. The Kier molecular flexibility index (Phi) is 11.3. The average Bonchev–Trinajstić information content (AvgIpc) is 2.64. The lowest BCUT2D eigenvalue weighted by atomic mass is 10.0. The number of carbonyl (C=O) groups is 2. The fourth-order valence-corrected chi connectivity index (χ4v) is 3.08. The number of benzene rings is 1. The van der Waals surface area contributed by atoms with Gasteiger partial charge in [0.25, 0.3) is 0 Å². The minimum absolute atomic E-state index is 0.274. The molecule has 0 aliphatic heterocycles. The molecular weight excluding hydrogens is 427 g/mol. The van der Waals surface area contributed by atoms with Crippen molar-refractivity contribution in [3.8, 4) is 0 Å².